The van der Waals surface area contributed by atoms with Crippen molar-refractivity contribution in [3.05, 3.63) is 66.4 Å². The van der Waals surface area contributed by atoms with E-state index in [0.29, 0.717) is 18.3 Å². The summed E-state index contributed by atoms with van der Waals surface area (Å²) in [4.78, 5) is 26.3. The van der Waals surface area contributed by atoms with E-state index >= 15 is 0 Å². The number of aromatic nitrogens is 1. The Balaban J connectivity index is 0.000000302. The van der Waals surface area contributed by atoms with Crippen molar-refractivity contribution in [2.75, 3.05) is 58.8 Å². The van der Waals surface area contributed by atoms with Gasteiger partial charge in [0.25, 0.3) is 5.91 Å². The van der Waals surface area contributed by atoms with E-state index in [0.717, 1.165) is 51.3 Å². The van der Waals surface area contributed by atoms with Gasteiger partial charge in [0.2, 0.25) is 10.0 Å². The number of ether oxygens (including phenoxy) is 1. The van der Waals surface area contributed by atoms with Gasteiger partial charge in [0, 0.05) is 30.2 Å². The maximum atomic E-state index is 12.4. The van der Waals surface area contributed by atoms with Crippen molar-refractivity contribution < 1.29 is 38.2 Å². The number of hydrogen-bond donors (Lipinski definition) is 2. The zero-order valence-corrected chi connectivity index (χ0v) is 28.0. The minimum Gasteiger partial charge on any atom is -1.00 e. The summed E-state index contributed by atoms with van der Waals surface area (Å²) in [6, 6.07) is 17.1. The number of methoxy groups -OCH3 is 1. The number of hydrogen-bond acceptors (Lipinski definition) is 9. The van der Waals surface area contributed by atoms with Crippen molar-refractivity contribution in [2.45, 2.75) is 46.9 Å². The van der Waals surface area contributed by atoms with E-state index < -0.39 is 10.0 Å². The van der Waals surface area contributed by atoms with Gasteiger partial charge in [0.1, 0.15) is 11.6 Å². The number of carbonyl (C=O) groups is 1. The zero-order chi connectivity index (χ0) is 31.0. The number of likely N-dealkylation sites (tertiary alicyclic amines) is 1. The molecular formula is C31H43LiN6O4S2. The number of primary sulfonamides is 1. The topological polar surface area (TPSA) is 121 Å². The molecule has 5 rings (SSSR count). The van der Waals surface area contributed by atoms with Crippen molar-refractivity contribution in [3.8, 4) is 5.75 Å². The summed E-state index contributed by atoms with van der Waals surface area (Å²) < 4.78 is 28.1. The molecule has 44 heavy (non-hydrogen) atoms. The van der Waals surface area contributed by atoms with Gasteiger partial charge in [-0.25, -0.2) is 18.5 Å². The van der Waals surface area contributed by atoms with Gasteiger partial charge >= 0.3 is 18.9 Å². The predicted molar refractivity (Wildman–Crippen MR) is 173 cm³/mol. The zero-order valence-electron chi connectivity index (χ0n) is 27.3. The number of sulfonamides is 1. The van der Waals surface area contributed by atoms with Crippen molar-refractivity contribution in [3.63, 3.8) is 0 Å². The van der Waals surface area contributed by atoms with Gasteiger partial charge in [-0.15, -0.1) is 0 Å². The Bertz CT molecular complexity index is 1470. The molecule has 1 aromatic heterocycles. The molecule has 0 spiro atoms. The number of fused-ring (bicyclic) bond motifs is 2. The monoisotopic (exact) mass is 634 g/mol. The number of rotatable bonds is 10. The number of likely N-dealkylation sites (N-methyl/N-ethyl adjacent to an activating group) is 1. The number of nitrogens with one attached hydrogen (secondary N) is 1. The van der Waals surface area contributed by atoms with Gasteiger partial charge in [-0.3, -0.25) is 9.69 Å². The van der Waals surface area contributed by atoms with Crippen LogP contribution >= 0.6 is 11.8 Å². The molecule has 0 bridgehead atoms. The van der Waals surface area contributed by atoms with Crippen molar-refractivity contribution in [1.82, 2.24) is 20.1 Å². The Hall–Kier alpha value is -2.56. The van der Waals surface area contributed by atoms with Gasteiger partial charge in [-0.05, 0) is 95.5 Å². The normalized spacial score (nSPS) is 15.9. The van der Waals surface area contributed by atoms with Gasteiger partial charge < -0.3 is 21.3 Å². The Kier molecular flexibility index (Phi) is 13.6. The second-order valence-corrected chi connectivity index (χ2v) is 13.4. The third-order valence-electron chi connectivity index (χ3n) is 7.52. The van der Waals surface area contributed by atoms with Crippen LogP contribution in [0.1, 0.15) is 38.0 Å². The molecule has 2 aliphatic rings. The van der Waals surface area contributed by atoms with E-state index in [1.807, 2.05) is 24.0 Å². The number of amides is 1. The van der Waals surface area contributed by atoms with E-state index in [2.05, 4.69) is 76.4 Å². The molecule has 3 heterocycles. The molecule has 10 nitrogen and oxygen atoms in total. The summed E-state index contributed by atoms with van der Waals surface area (Å²) in [6.07, 6.45) is 5.18. The fourth-order valence-electron chi connectivity index (χ4n) is 5.32. The number of pyridine rings is 1. The Morgan fingerprint density at radius 1 is 1.18 bits per heavy atom. The standard InChI is InChI=1S/C16H19N3S.C15H23N3O4S.Li.H/c1-18(2)11-6-12-19-13-7-3-4-8-14(13)20-15-9-5-10-17-16(15)19;1-3-18-8-4-5-11(18)10-17-15(19)13-9-12(23(16,20)21)6-7-14(13)22-2;;/h3-5,7-10H,6,11-12H2,1-2H3;6-7,9,11H,3-5,8,10H2,1-2H3,(H,17,19)(H2,16,20,21);;/q;;+1;-1/t;11-;;/m.0../s1. The minimum absolute atomic E-state index is 0. The van der Waals surface area contributed by atoms with E-state index in [1.54, 1.807) is 0 Å². The first-order chi connectivity index (χ1) is 20.6. The van der Waals surface area contributed by atoms with Crippen LogP contribution in [0.4, 0.5) is 11.5 Å². The molecule has 2 aliphatic heterocycles. The van der Waals surface area contributed by atoms with Crippen LogP contribution in [0.2, 0.25) is 0 Å². The summed E-state index contributed by atoms with van der Waals surface area (Å²) in [5.41, 5.74) is 1.45. The average Bonchev–Trinajstić information content (AvgIpc) is 3.46. The van der Waals surface area contributed by atoms with E-state index in [4.69, 9.17) is 9.88 Å². The third kappa shape index (κ3) is 9.23. The summed E-state index contributed by atoms with van der Waals surface area (Å²) in [7, 11) is 1.79. The molecule has 0 saturated carbocycles. The number of nitrogens with zero attached hydrogens (tertiary/aromatic N) is 4. The van der Waals surface area contributed by atoms with Crippen molar-refractivity contribution in [2.24, 2.45) is 5.14 Å². The largest absolute Gasteiger partial charge is 1.00 e. The predicted octanol–water partition coefficient (Wildman–Crippen LogP) is 1.31. The van der Waals surface area contributed by atoms with Crippen LogP contribution in [0.3, 0.4) is 0 Å². The quantitative estimate of drug-likeness (QED) is 0.318. The molecule has 1 amide bonds. The van der Waals surface area contributed by atoms with Crippen LogP contribution in [0.25, 0.3) is 0 Å². The van der Waals surface area contributed by atoms with Crippen molar-refractivity contribution >= 4 is 39.2 Å². The van der Waals surface area contributed by atoms with Gasteiger partial charge in [0.15, 0.2) is 0 Å². The number of para-hydroxylation sites is 1. The van der Waals surface area contributed by atoms with Crippen molar-refractivity contribution in [1.29, 1.82) is 0 Å². The number of carbonyl (C=O) groups excluding carboxylic acids is 1. The Labute approximate surface area is 279 Å². The molecule has 1 atom stereocenters. The summed E-state index contributed by atoms with van der Waals surface area (Å²) in [6.45, 7) is 6.70. The minimum atomic E-state index is -3.87. The van der Waals surface area contributed by atoms with E-state index in [1.165, 1.54) is 40.8 Å². The second-order valence-electron chi connectivity index (χ2n) is 10.7. The molecule has 2 aromatic carbocycles. The molecule has 3 N–H and O–H groups in total. The Morgan fingerprint density at radius 2 is 1.93 bits per heavy atom. The van der Waals surface area contributed by atoms with Crippen LogP contribution < -0.4 is 39.0 Å². The molecule has 0 unspecified atom stereocenters. The smallest absolute Gasteiger partial charge is 1.00 e. The average molecular weight is 635 g/mol. The molecular weight excluding hydrogens is 591 g/mol. The molecule has 3 aromatic rings. The molecule has 1 fully saturated rings. The molecule has 234 valence electrons. The van der Waals surface area contributed by atoms with E-state index in [-0.39, 0.29) is 36.7 Å². The van der Waals surface area contributed by atoms with Crippen LogP contribution in [0.5, 0.6) is 5.75 Å². The summed E-state index contributed by atoms with van der Waals surface area (Å²) in [5, 5.41) is 7.98. The third-order valence-corrected chi connectivity index (χ3v) is 9.53. The van der Waals surface area contributed by atoms with E-state index in [9.17, 15) is 13.2 Å². The maximum Gasteiger partial charge on any atom is 1.00 e. The molecule has 0 aliphatic carbocycles. The van der Waals surface area contributed by atoms with Gasteiger partial charge in [0.05, 0.1) is 28.2 Å². The summed E-state index contributed by atoms with van der Waals surface area (Å²) >= 11 is 1.81. The SMILES string of the molecule is CCN1CCC[C@H]1CNC(=O)c1cc(S(N)(=O)=O)ccc1OC.CN(C)CCCN1c2ccccc2Sc2cccnc21.[H-].[Li+]. The molecule has 13 heteroatoms. The van der Waals surface area contributed by atoms with Gasteiger partial charge in [-0.1, -0.05) is 30.8 Å². The fourth-order valence-corrected chi connectivity index (χ4v) is 6.93. The van der Waals surface area contributed by atoms with Crippen LogP contribution in [0.15, 0.2) is 75.5 Å². The van der Waals surface area contributed by atoms with Crippen LogP contribution in [-0.4, -0.2) is 89.1 Å². The van der Waals surface area contributed by atoms with Crippen LogP contribution in [0, 0.1) is 0 Å². The fraction of sp³-hybridized carbons (Fsp3) is 0.419. The molecule has 1 saturated heterocycles. The number of benzene rings is 2. The number of anilines is 2. The molecule has 0 radical (unpaired) electrons. The maximum absolute atomic E-state index is 12.4. The van der Waals surface area contributed by atoms with Crippen LogP contribution in [-0.2, 0) is 10.0 Å². The first-order valence-corrected chi connectivity index (χ1v) is 16.9. The number of nitrogens with two attached hydrogens (primary N) is 1. The second kappa shape index (κ2) is 16.7. The first-order valence-electron chi connectivity index (χ1n) is 14.5. The van der Waals surface area contributed by atoms with Gasteiger partial charge in [-0.2, -0.15) is 0 Å². The first kappa shape index (κ1) is 35.9. The summed E-state index contributed by atoms with van der Waals surface area (Å²) in [5.74, 6) is 1.04. The Morgan fingerprint density at radius 3 is 2.64 bits per heavy atom.